The van der Waals surface area contributed by atoms with E-state index in [9.17, 15) is 4.79 Å². The van der Waals surface area contributed by atoms with Crippen LogP contribution in [-0.2, 0) is 9.53 Å². The Morgan fingerprint density at radius 1 is 1.26 bits per heavy atom. The Balaban J connectivity index is 2.06. The van der Waals surface area contributed by atoms with Crippen LogP contribution in [0.5, 0.6) is 0 Å². The number of hydrogen-bond acceptors (Lipinski definition) is 3. The number of morpholine rings is 1. The van der Waals surface area contributed by atoms with Crippen LogP contribution in [0.4, 0.5) is 0 Å². The molecule has 1 rings (SSSR count). The van der Waals surface area contributed by atoms with Crippen molar-refractivity contribution in [2.24, 2.45) is 0 Å². The van der Waals surface area contributed by atoms with Gasteiger partial charge in [-0.25, -0.2) is 0 Å². The summed E-state index contributed by atoms with van der Waals surface area (Å²) in [6.45, 7) is 3.77. The molecule has 4 nitrogen and oxygen atoms in total. The maximum atomic E-state index is 12.0. The Hall–Kier alpha value is -1.08. The van der Waals surface area contributed by atoms with Crippen LogP contribution in [0.2, 0.25) is 0 Å². The fraction of sp³-hybridized carbons (Fsp3) is 0.867. The molecule has 1 amide bonds. The third-order valence-corrected chi connectivity index (χ3v) is 3.56. The Morgan fingerprint density at radius 3 is 2.63 bits per heavy atom. The summed E-state index contributed by atoms with van der Waals surface area (Å²) in [5.41, 5.74) is 0. The second-order valence-electron chi connectivity index (χ2n) is 5.20. The molecule has 0 aliphatic carbocycles. The van der Waals surface area contributed by atoms with Crippen molar-refractivity contribution >= 4 is 5.91 Å². The van der Waals surface area contributed by atoms with Crippen molar-refractivity contribution in [3.63, 3.8) is 0 Å². The molecule has 19 heavy (non-hydrogen) atoms. The average Bonchev–Trinajstić information content (AvgIpc) is 2.46. The Morgan fingerprint density at radius 2 is 1.95 bits per heavy atom. The number of unbranched alkanes of at least 4 members (excludes halogenated alkanes) is 6. The van der Waals surface area contributed by atoms with Gasteiger partial charge in [-0.05, 0) is 6.42 Å². The quantitative estimate of drug-likeness (QED) is 0.635. The molecule has 1 heterocycles. The van der Waals surface area contributed by atoms with Gasteiger partial charge in [-0.15, -0.1) is 0 Å². The number of carbonyl (C=O) groups is 1. The Bertz CT molecular complexity index is 299. The smallest absolute Gasteiger partial charge is 0.222 e. The van der Waals surface area contributed by atoms with E-state index in [1.165, 1.54) is 32.1 Å². The number of nitrogens with zero attached hydrogens (tertiary/aromatic N) is 2. The summed E-state index contributed by atoms with van der Waals surface area (Å²) in [4.78, 5) is 13.7. The lowest BCUT2D eigenvalue weighted by molar-refractivity contribution is -0.137. The van der Waals surface area contributed by atoms with Crippen molar-refractivity contribution in [3.05, 3.63) is 0 Å². The first kappa shape index (κ1) is 16.0. The predicted octanol–water partition coefficient (Wildman–Crippen LogP) is 2.88. The van der Waals surface area contributed by atoms with Crippen LogP contribution in [0.3, 0.4) is 0 Å². The first-order valence-electron chi connectivity index (χ1n) is 7.57. The van der Waals surface area contributed by atoms with Crippen molar-refractivity contribution in [2.45, 2.75) is 64.4 Å². The molecule has 0 aromatic carbocycles. The van der Waals surface area contributed by atoms with E-state index in [2.05, 4.69) is 13.0 Å². The molecule has 108 valence electrons. The minimum atomic E-state index is -0.438. The first-order valence-corrected chi connectivity index (χ1v) is 7.57. The van der Waals surface area contributed by atoms with Gasteiger partial charge in [-0.3, -0.25) is 4.79 Å². The minimum absolute atomic E-state index is 0.178. The predicted molar refractivity (Wildman–Crippen MR) is 74.5 cm³/mol. The highest BCUT2D eigenvalue weighted by molar-refractivity contribution is 5.76. The van der Waals surface area contributed by atoms with Crippen molar-refractivity contribution < 1.29 is 9.53 Å². The number of ether oxygens (including phenoxy) is 1. The zero-order valence-electron chi connectivity index (χ0n) is 12.1. The Kier molecular flexibility index (Phi) is 8.24. The van der Waals surface area contributed by atoms with Gasteiger partial charge in [-0.2, -0.15) is 5.26 Å². The molecule has 1 fully saturated rings. The van der Waals surface area contributed by atoms with Crippen molar-refractivity contribution in [3.8, 4) is 6.07 Å². The van der Waals surface area contributed by atoms with Crippen molar-refractivity contribution in [2.75, 3.05) is 19.7 Å². The average molecular weight is 266 g/mol. The largest absolute Gasteiger partial charge is 0.360 e. The third kappa shape index (κ3) is 6.58. The lowest BCUT2D eigenvalue weighted by Gasteiger charge is -2.29. The van der Waals surface area contributed by atoms with Gasteiger partial charge in [0.15, 0.2) is 6.10 Å². The zero-order chi connectivity index (χ0) is 13.9. The summed E-state index contributed by atoms with van der Waals surface area (Å²) in [6.07, 6.45) is 8.72. The molecule has 0 bridgehead atoms. The van der Waals surface area contributed by atoms with Crippen LogP contribution in [0.1, 0.15) is 58.3 Å². The molecule has 0 radical (unpaired) electrons. The molecule has 1 aliphatic rings. The molecule has 1 saturated heterocycles. The summed E-state index contributed by atoms with van der Waals surface area (Å²) >= 11 is 0. The van der Waals surface area contributed by atoms with Gasteiger partial charge in [0.25, 0.3) is 0 Å². The molecule has 0 N–H and O–H groups in total. The number of hydrogen-bond donors (Lipinski definition) is 0. The summed E-state index contributed by atoms with van der Waals surface area (Å²) in [5.74, 6) is 0.178. The van der Waals surface area contributed by atoms with E-state index in [1.807, 2.05) is 0 Å². The molecule has 4 heteroatoms. The lowest BCUT2D eigenvalue weighted by Crippen LogP contribution is -2.45. The topological polar surface area (TPSA) is 53.3 Å². The second-order valence-corrected chi connectivity index (χ2v) is 5.20. The highest BCUT2D eigenvalue weighted by Crippen LogP contribution is 2.11. The minimum Gasteiger partial charge on any atom is -0.360 e. The molecule has 0 aromatic heterocycles. The molecular formula is C15H26N2O2. The second kappa shape index (κ2) is 9.80. The maximum absolute atomic E-state index is 12.0. The molecule has 1 atom stereocenters. The van der Waals surface area contributed by atoms with E-state index in [1.54, 1.807) is 4.90 Å². The van der Waals surface area contributed by atoms with Gasteiger partial charge in [-0.1, -0.05) is 45.4 Å². The fourth-order valence-electron chi connectivity index (χ4n) is 2.35. The van der Waals surface area contributed by atoms with Crippen molar-refractivity contribution in [1.29, 1.82) is 5.26 Å². The maximum Gasteiger partial charge on any atom is 0.222 e. The Labute approximate surface area is 116 Å². The molecule has 0 spiro atoms. The van der Waals surface area contributed by atoms with Gasteiger partial charge in [0, 0.05) is 13.0 Å². The van der Waals surface area contributed by atoms with Crippen LogP contribution in [-0.4, -0.2) is 36.6 Å². The molecule has 1 aliphatic heterocycles. The highest BCUT2D eigenvalue weighted by Gasteiger charge is 2.23. The highest BCUT2D eigenvalue weighted by atomic mass is 16.5. The van der Waals surface area contributed by atoms with E-state index in [4.69, 9.17) is 10.00 Å². The number of amides is 1. The van der Waals surface area contributed by atoms with Gasteiger partial charge in [0.05, 0.1) is 19.2 Å². The fourth-order valence-corrected chi connectivity index (χ4v) is 2.35. The first-order chi connectivity index (χ1) is 9.27. The van der Waals surface area contributed by atoms with Gasteiger partial charge in [0.2, 0.25) is 5.91 Å². The molecular weight excluding hydrogens is 240 g/mol. The monoisotopic (exact) mass is 266 g/mol. The number of nitriles is 1. The molecule has 0 aromatic rings. The van der Waals surface area contributed by atoms with Gasteiger partial charge < -0.3 is 9.64 Å². The summed E-state index contributed by atoms with van der Waals surface area (Å²) in [6, 6.07) is 2.07. The SMILES string of the molecule is CCCCCCCCCC(=O)N1CCOC(C#N)C1. The van der Waals surface area contributed by atoms with E-state index in [0.717, 1.165) is 12.8 Å². The van der Waals surface area contributed by atoms with Crippen LogP contribution in [0.25, 0.3) is 0 Å². The van der Waals surface area contributed by atoms with Gasteiger partial charge in [0.1, 0.15) is 0 Å². The van der Waals surface area contributed by atoms with Crippen LogP contribution in [0.15, 0.2) is 0 Å². The van der Waals surface area contributed by atoms with E-state index in [-0.39, 0.29) is 5.91 Å². The number of carbonyl (C=O) groups excluding carboxylic acids is 1. The standard InChI is InChI=1S/C15H26N2O2/c1-2-3-4-5-6-7-8-9-15(18)17-10-11-19-14(12-16)13-17/h14H,2-11,13H2,1H3. The van der Waals surface area contributed by atoms with E-state index in [0.29, 0.717) is 26.1 Å². The summed E-state index contributed by atoms with van der Waals surface area (Å²) < 4.78 is 5.23. The van der Waals surface area contributed by atoms with Crippen LogP contribution in [0, 0.1) is 11.3 Å². The summed E-state index contributed by atoms with van der Waals surface area (Å²) in [5, 5.41) is 8.79. The van der Waals surface area contributed by atoms with Crippen LogP contribution >= 0.6 is 0 Å². The lowest BCUT2D eigenvalue weighted by atomic mass is 10.1. The third-order valence-electron chi connectivity index (χ3n) is 3.56. The number of rotatable bonds is 8. The zero-order valence-corrected chi connectivity index (χ0v) is 12.1. The molecule has 0 saturated carbocycles. The van der Waals surface area contributed by atoms with E-state index >= 15 is 0 Å². The van der Waals surface area contributed by atoms with Gasteiger partial charge >= 0.3 is 0 Å². The normalized spacial score (nSPS) is 19.2. The molecule has 1 unspecified atom stereocenters. The van der Waals surface area contributed by atoms with Crippen LogP contribution < -0.4 is 0 Å². The van der Waals surface area contributed by atoms with E-state index < -0.39 is 6.10 Å². The van der Waals surface area contributed by atoms with Crippen molar-refractivity contribution in [1.82, 2.24) is 4.90 Å². The summed E-state index contributed by atoms with van der Waals surface area (Å²) in [7, 11) is 0.